The van der Waals surface area contributed by atoms with Crippen LogP contribution in [0.5, 0.6) is 0 Å². The maximum atomic E-state index is 2.40. The van der Waals surface area contributed by atoms with Crippen molar-refractivity contribution < 1.29 is 0 Å². The molecule has 1 fully saturated rings. The van der Waals surface area contributed by atoms with E-state index in [9.17, 15) is 0 Å². The second-order valence-corrected chi connectivity index (χ2v) is 6.28. The zero-order valence-corrected chi connectivity index (χ0v) is 11.8. The molecule has 0 aromatic carbocycles. The SMILES string of the molecule is CCCCCCC(CC(C)C)C1CCCC1. The van der Waals surface area contributed by atoms with Gasteiger partial charge in [-0.05, 0) is 24.2 Å². The van der Waals surface area contributed by atoms with Gasteiger partial charge in [-0.15, -0.1) is 0 Å². The lowest BCUT2D eigenvalue weighted by molar-refractivity contribution is 0.261. The van der Waals surface area contributed by atoms with Gasteiger partial charge in [0.05, 0.1) is 0 Å². The molecule has 0 aromatic rings. The van der Waals surface area contributed by atoms with Gasteiger partial charge < -0.3 is 0 Å². The summed E-state index contributed by atoms with van der Waals surface area (Å²) in [5.74, 6) is 3.04. The molecule has 0 bridgehead atoms. The number of rotatable bonds is 8. The van der Waals surface area contributed by atoms with Gasteiger partial charge in [0.25, 0.3) is 0 Å². The van der Waals surface area contributed by atoms with Gasteiger partial charge in [0.1, 0.15) is 0 Å². The van der Waals surface area contributed by atoms with Crippen molar-refractivity contribution in [2.24, 2.45) is 17.8 Å². The van der Waals surface area contributed by atoms with Crippen LogP contribution in [0, 0.1) is 17.8 Å². The van der Waals surface area contributed by atoms with E-state index in [1.165, 1.54) is 64.2 Å². The maximum absolute atomic E-state index is 2.40. The second-order valence-electron chi connectivity index (χ2n) is 6.28. The van der Waals surface area contributed by atoms with Crippen LogP contribution in [-0.4, -0.2) is 0 Å². The molecule has 0 N–H and O–H groups in total. The molecule has 0 amide bonds. The Balaban J connectivity index is 2.25. The molecule has 0 heterocycles. The molecule has 0 heteroatoms. The van der Waals surface area contributed by atoms with Crippen LogP contribution in [0.15, 0.2) is 0 Å². The highest BCUT2D eigenvalue weighted by Gasteiger charge is 2.24. The summed E-state index contributed by atoms with van der Waals surface area (Å²) in [5.41, 5.74) is 0. The van der Waals surface area contributed by atoms with Crippen LogP contribution in [0.25, 0.3) is 0 Å². The molecule has 1 atom stereocenters. The van der Waals surface area contributed by atoms with Crippen molar-refractivity contribution in [1.82, 2.24) is 0 Å². The molecule has 1 rings (SSSR count). The zero-order chi connectivity index (χ0) is 11.8. The minimum Gasteiger partial charge on any atom is -0.0654 e. The van der Waals surface area contributed by atoms with Crippen molar-refractivity contribution in [1.29, 1.82) is 0 Å². The van der Waals surface area contributed by atoms with E-state index in [-0.39, 0.29) is 0 Å². The second kappa shape index (κ2) is 8.14. The average Bonchev–Trinajstić information content (AvgIpc) is 2.75. The van der Waals surface area contributed by atoms with Crippen LogP contribution in [0.2, 0.25) is 0 Å². The Bertz CT molecular complexity index is 153. The fourth-order valence-electron chi connectivity index (χ4n) is 3.41. The summed E-state index contributed by atoms with van der Waals surface area (Å²) in [7, 11) is 0. The van der Waals surface area contributed by atoms with Crippen molar-refractivity contribution in [3.63, 3.8) is 0 Å². The molecule has 1 aliphatic rings. The highest BCUT2D eigenvalue weighted by atomic mass is 14.3. The van der Waals surface area contributed by atoms with E-state index in [0.717, 1.165) is 17.8 Å². The molecule has 0 aromatic heterocycles. The fraction of sp³-hybridized carbons (Fsp3) is 1.00. The quantitative estimate of drug-likeness (QED) is 0.456. The Morgan fingerprint density at radius 1 is 1.00 bits per heavy atom. The van der Waals surface area contributed by atoms with Crippen molar-refractivity contribution in [2.45, 2.75) is 85.0 Å². The molecular weight excluding hydrogens is 192 g/mol. The molecule has 0 spiro atoms. The third-order valence-corrected chi connectivity index (χ3v) is 4.27. The first kappa shape index (κ1) is 14.1. The van der Waals surface area contributed by atoms with E-state index >= 15 is 0 Å². The predicted octanol–water partition coefficient (Wildman–Crippen LogP) is 5.81. The van der Waals surface area contributed by atoms with Crippen LogP contribution < -0.4 is 0 Å². The van der Waals surface area contributed by atoms with Gasteiger partial charge in [-0.25, -0.2) is 0 Å². The lowest BCUT2D eigenvalue weighted by Crippen LogP contribution is -2.14. The van der Waals surface area contributed by atoms with Crippen LogP contribution in [-0.2, 0) is 0 Å². The van der Waals surface area contributed by atoms with Crippen LogP contribution >= 0.6 is 0 Å². The third kappa shape index (κ3) is 5.37. The van der Waals surface area contributed by atoms with Crippen LogP contribution in [0.4, 0.5) is 0 Å². The van der Waals surface area contributed by atoms with E-state index in [1.54, 1.807) is 0 Å². The molecule has 0 radical (unpaired) electrons. The summed E-state index contributed by atoms with van der Waals surface area (Å²) in [6.45, 7) is 7.10. The topological polar surface area (TPSA) is 0 Å². The number of hydrogen-bond donors (Lipinski definition) is 0. The smallest absolute Gasteiger partial charge is 0.0383 e. The minimum absolute atomic E-state index is 0.900. The predicted molar refractivity (Wildman–Crippen MR) is 73.7 cm³/mol. The monoisotopic (exact) mass is 224 g/mol. The molecular formula is C16H32. The Hall–Kier alpha value is 0. The Morgan fingerprint density at radius 3 is 2.25 bits per heavy atom. The lowest BCUT2D eigenvalue weighted by atomic mass is 9.81. The zero-order valence-electron chi connectivity index (χ0n) is 11.8. The van der Waals surface area contributed by atoms with Crippen molar-refractivity contribution in [3.8, 4) is 0 Å². The molecule has 0 saturated heterocycles. The van der Waals surface area contributed by atoms with E-state index < -0.39 is 0 Å². The Morgan fingerprint density at radius 2 is 1.69 bits per heavy atom. The molecule has 16 heavy (non-hydrogen) atoms. The molecule has 1 aliphatic carbocycles. The van der Waals surface area contributed by atoms with Gasteiger partial charge in [0.15, 0.2) is 0 Å². The Labute approximate surface area is 103 Å². The van der Waals surface area contributed by atoms with Crippen molar-refractivity contribution in [3.05, 3.63) is 0 Å². The molecule has 1 unspecified atom stereocenters. The third-order valence-electron chi connectivity index (χ3n) is 4.27. The largest absolute Gasteiger partial charge is 0.0654 e. The van der Waals surface area contributed by atoms with Crippen LogP contribution in [0.1, 0.15) is 85.0 Å². The number of hydrogen-bond acceptors (Lipinski definition) is 0. The van der Waals surface area contributed by atoms with E-state index in [1.807, 2.05) is 0 Å². The van der Waals surface area contributed by atoms with E-state index in [0.29, 0.717) is 0 Å². The number of unbranched alkanes of at least 4 members (excludes halogenated alkanes) is 3. The molecule has 1 saturated carbocycles. The minimum atomic E-state index is 0.900. The van der Waals surface area contributed by atoms with Gasteiger partial charge in [-0.3, -0.25) is 0 Å². The van der Waals surface area contributed by atoms with Gasteiger partial charge in [0, 0.05) is 0 Å². The molecule has 0 nitrogen and oxygen atoms in total. The van der Waals surface area contributed by atoms with Gasteiger partial charge in [-0.1, -0.05) is 78.6 Å². The first-order valence-corrected chi connectivity index (χ1v) is 7.74. The normalized spacial score (nSPS) is 19.5. The first-order chi connectivity index (χ1) is 7.74. The van der Waals surface area contributed by atoms with E-state index in [2.05, 4.69) is 20.8 Å². The van der Waals surface area contributed by atoms with Crippen LogP contribution in [0.3, 0.4) is 0 Å². The summed E-state index contributed by atoms with van der Waals surface area (Å²) in [5, 5.41) is 0. The van der Waals surface area contributed by atoms with E-state index in [4.69, 9.17) is 0 Å². The lowest BCUT2D eigenvalue weighted by Gasteiger charge is -2.25. The average molecular weight is 224 g/mol. The highest BCUT2D eigenvalue weighted by molar-refractivity contribution is 4.76. The molecule has 96 valence electrons. The summed E-state index contributed by atoms with van der Waals surface area (Å²) in [6, 6.07) is 0. The van der Waals surface area contributed by atoms with Gasteiger partial charge in [0.2, 0.25) is 0 Å². The van der Waals surface area contributed by atoms with Gasteiger partial charge in [-0.2, -0.15) is 0 Å². The van der Waals surface area contributed by atoms with Gasteiger partial charge >= 0.3 is 0 Å². The first-order valence-electron chi connectivity index (χ1n) is 7.74. The fourth-order valence-corrected chi connectivity index (χ4v) is 3.41. The Kier molecular flexibility index (Phi) is 7.16. The standard InChI is InChI=1S/C16H32/c1-4-5-6-7-12-16(13-14(2)3)15-10-8-9-11-15/h14-16H,4-13H2,1-3H3. The summed E-state index contributed by atoms with van der Waals surface area (Å²) in [4.78, 5) is 0. The van der Waals surface area contributed by atoms with Crippen molar-refractivity contribution in [2.75, 3.05) is 0 Å². The summed E-state index contributed by atoms with van der Waals surface area (Å²) < 4.78 is 0. The summed E-state index contributed by atoms with van der Waals surface area (Å²) >= 11 is 0. The maximum Gasteiger partial charge on any atom is -0.0383 e. The van der Waals surface area contributed by atoms with Crippen molar-refractivity contribution >= 4 is 0 Å². The highest BCUT2D eigenvalue weighted by Crippen LogP contribution is 2.37. The summed E-state index contributed by atoms with van der Waals surface area (Å²) in [6.07, 6.45) is 14.9. The molecule has 0 aliphatic heterocycles.